The van der Waals surface area contributed by atoms with Crippen LogP contribution in [0, 0.1) is 0 Å². The van der Waals surface area contributed by atoms with Crippen molar-refractivity contribution in [3.63, 3.8) is 0 Å². The first-order valence-corrected chi connectivity index (χ1v) is 5.59. The van der Waals surface area contributed by atoms with E-state index in [-0.39, 0.29) is 36.0 Å². The Kier molecular flexibility index (Phi) is 6.50. The van der Waals surface area contributed by atoms with E-state index < -0.39 is 11.9 Å². The van der Waals surface area contributed by atoms with Crippen LogP contribution in [0.15, 0.2) is 60.7 Å². The Balaban J connectivity index is 0.00000180. The second-order valence-corrected chi connectivity index (χ2v) is 3.79. The molecule has 2 aromatic rings. The van der Waals surface area contributed by atoms with Crippen LogP contribution < -0.4 is 0 Å². The molecule has 0 aliphatic carbocycles. The molecular weight excluding hydrogens is 251 g/mol. The molecule has 0 aliphatic rings. The van der Waals surface area contributed by atoms with Gasteiger partial charge in [0.1, 0.15) is 0 Å². The minimum absolute atomic E-state index is 0. The number of benzene rings is 2. The number of hydrogen-bond acceptors (Lipinski definition) is 3. The van der Waals surface area contributed by atoms with E-state index in [1.165, 1.54) is 0 Å². The van der Waals surface area contributed by atoms with Crippen LogP contribution in [0.1, 0.15) is 15.9 Å². The van der Waals surface area contributed by atoms with Crippen LogP contribution in [0.3, 0.4) is 0 Å². The topological polar surface area (TPSA) is 43.4 Å². The van der Waals surface area contributed by atoms with E-state index in [1.54, 1.807) is 30.3 Å². The molecule has 0 heterocycles. The van der Waals surface area contributed by atoms with Crippen molar-refractivity contribution in [2.24, 2.45) is 0 Å². The molecule has 2 rings (SSSR count). The number of esters is 2. The second-order valence-electron chi connectivity index (χ2n) is 3.79. The average Bonchev–Trinajstić information content (AvgIpc) is 2.40. The number of carbonyl (C=O) groups excluding carboxylic acids is 2. The fourth-order valence-electron chi connectivity index (χ4n) is 1.54. The van der Waals surface area contributed by atoms with Gasteiger partial charge >= 0.3 is 41.5 Å². The van der Waals surface area contributed by atoms with E-state index >= 15 is 0 Å². The van der Waals surface area contributed by atoms with Gasteiger partial charge in [-0.05, 0) is 17.7 Å². The maximum absolute atomic E-state index is 11.6. The van der Waals surface area contributed by atoms with E-state index in [1.807, 2.05) is 30.3 Å². The quantitative estimate of drug-likeness (QED) is 0.483. The number of hydrogen-bond donors (Lipinski definition) is 0. The average molecular weight is 264 g/mol. The van der Waals surface area contributed by atoms with Crippen LogP contribution in [0.5, 0.6) is 0 Å². The summed E-state index contributed by atoms with van der Waals surface area (Å²) in [5.41, 5.74) is 1.20. The van der Waals surface area contributed by atoms with Crippen LogP contribution in [-0.4, -0.2) is 41.5 Å². The van der Waals surface area contributed by atoms with Crippen LogP contribution in [0.2, 0.25) is 0 Å². The van der Waals surface area contributed by atoms with Gasteiger partial charge in [-0.1, -0.05) is 48.5 Å². The predicted molar refractivity (Wildman–Crippen MR) is 74.2 cm³/mol. The van der Waals surface area contributed by atoms with Gasteiger partial charge in [0.05, 0.1) is 12.0 Å². The molecule has 19 heavy (non-hydrogen) atoms. The van der Waals surface area contributed by atoms with E-state index in [2.05, 4.69) is 0 Å². The Morgan fingerprint density at radius 3 is 1.95 bits per heavy atom. The summed E-state index contributed by atoms with van der Waals surface area (Å²) < 4.78 is 4.76. The summed E-state index contributed by atoms with van der Waals surface area (Å²) in [6, 6.07) is 17.6. The summed E-state index contributed by atoms with van der Waals surface area (Å²) >= 11 is 0. The van der Waals surface area contributed by atoms with Crippen LogP contribution in [0.4, 0.5) is 0 Å². The predicted octanol–water partition coefficient (Wildman–Crippen LogP) is 1.96. The van der Waals surface area contributed by atoms with Crippen LogP contribution in [0.25, 0.3) is 0 Å². The monoisotopic (exact) mass is 264 g/mol. The molecule has 0 atom stereocenters. The van der Waals surface area contributed by atoms with Gasteiger partial charge in [0, 0.05) is 0 Å². The van der Waals surface area contributed by atoms with Gasteiger partial charge in [-0.2, -0.15) is 0 Å². The second kappa shape index (κ2) is 7.89. The summed E-state index contributed by atoms with van der Waals surface area (Å²) in [7, 11) is 0. The normalized spacial score (nSPS) is 9.26. The summed E-state index contributed by atoms with van der Waals surface area (Å²) in [5, 5.41) is 0. The van der Waals surface area contributed by atoms with Crippen molar-refractivity contribution in [3.05, 3.63) is 71.8 Å². The zero-order valence-corrected chi connectivity index (χ0v) is 9.71. The van der Waals surface area contributed by atoms with Crippen molar-refractivity contribution in [1.29, 1.82) is 0 Å². The van der Waals surface area contributed by atoms with Crippen molar-refractivity contribution < 1.29 is 14.3 Å². The summed E-state index contributed by atoms with van der Waals surface area (Å²) in [4.78, 5) is 23.2. The third-order valence-electron chi connectivity index (χ3n) is 2.41. The Morgan fingerprint density at radius 2 is 1.37 bits per heavy atom. The fraction of sp³-hybridized carbons (Fsp3) is 0.0667. The van der Waals surface area contributed by atoms with Gasteiger partial charge in [-0.15, -0.1) is 0 Å². The molecule has 2 aromatic carbocycles. The number of ether oxygens (including phenoxy) is 1. The van der Waals surface area contributed by atoms with E-state index in [0.717, 1.165) is 5.56 Å². The Bertz CT molecular complexity index is 538. The molecule has 3 nitrogen and oxygen atoms in total. The van der Waals surface area contributed by atoms with Crippen molar-refractivity contribution in [3.8, 4) is 0 Å². The molecule has 0 fully saturated rings. The molecule has 0 bridgehead atoms. The van der Waals surface area contributed by atoms with Crippen LogP contribution in [-0.2, 0) is 16.0 Å². The van der Waals surface area contributed by atoms with Gasteiger partial charge in [0.15, 0.2) is 0 Å². The van der Waals surface area contributed by atoms with Gasteiger partial charge in [0.2, 0.25) is 0 Å². The number of carbonyl (C=O) groups is 2. The molecular formula is C15H13NaO3. The van der Waals surface area contributed by atoms with Crippen molar-refractivity contribution in [2.45, 2.75) is 6.42 Å². The Hall–Kier alpha value is -1.42. The van der Waals surface area contributed by atoms with Crippen molar-refractivity contribution >= 4 is 41.5 Å². The molecule has 0 aliphatic heterocycles. The van der Waals surface area contributed by atoms with Gasteiger partial charge in [-0.3, -0.25) is 4.79 Å². The van der Waals surface area contributed by atoms with Crippen LogP contribution >= 0.6 is 0 Å². The van der Waals surface area contributed by atoms with E-state index in [4.69, 9.17) is 4.74 Å². The Labute approximate surface area is 133 Å². The molecule has 0 saturated carbocycles. The first kappa shape index (κ1) is 15.6. The molecule has 0 N–H and O–H groups in total. The summed E-state index contributed by atoms with van der Waals surface area (Å²) in [5.74, 6) is -1.16. The number of rotatable bonds is 3. The molecule has 4 heteroatoms. The molecule has 0 spiro atoms. The zero-order valence-electron chi connectivity index (χ0n) is 9.71. The first-order chi connectivity index (χ1) is 8.75. The summed E-state index contributed by atoms with van der Waals surface area (Å²) in [6.07, 6.45) is 0.0966. The first-order valence-electron chi connectivity index (χ1n) is 5.59. The summed E-state index contributed by atoms with van der Waals surface area (Å²) in [6.45, 7) is 0. The fourth-order valence-corrected chi connectivity index (χ4v) is 1.54. The van der Waals surface area contributed by atoms with E-state index in [0.29, 0.717) is 5.56 Å². The molecule has 0 aromatic heterocycles. The molecule has 92 valence electrons. The van der Waals surface area contributed by atoms with Gasteiger partial charge in [0.25, 0.3) is 0 Å². The minimum atomic E-state index is -0.614. The molecule has 0 radical (unpaired) electrons. The van der Waals surface area contributed by atoms with Crippen molar-refractivity contribution in [1.82, 2.24) is 0 Å². The third-order valence-corrected chi connectivity index (χ3v) is 2.41. The van der Waals surface area contributed by atoms with Gasteiger partial charge < -0.3 is 4.74 Å². The zero-order chi connectivity index (χ0) is 12.8. The van der Waals surface area contributed by atoms with Crippen molar-refractivity contribution in [2.75, 3.05) is 0 Å². The molecule has 0 unspecified atom stereocenters. The SMILES string of the molecule is O=C(Cc1ccccc1)OC(=O)c1ccccc1.[NaH]. The third kappa shape index (κ3) is 4.99. The molecule has 0 saturated heterocycles. The Morgan fingerprint density at radius 1 is 0.842 bits per heavy atom. The van der Waals surface area contributed by atoms with E-state index in [9.17, 15) is 9.59 Å². The van der Waals surface area contributed by atoms with Gasteiger partial charge in [-0.25, -0.2) is 4.79 Å². The maximum atomic E-state index is 11.6. The molecule has 0 amide bonds. The standard InChI is InChI=1S/C15H12O3.Na.H/c16-14(11-12-7-3-1-4-8-12)18-15(17)13-9-5-2-6-10-13;;/h1-10H,11H2;;.